The normalized spacial score (nSPS) is 18.7. The molecule has 0 aromatic heterocycles. The minimum atomic E-state index is 1.14. The van der Waals surface area contributed by atoms with Crippen LogP contribution in [-0.4, -0.2) is 14.3 Å². The summed E-state index contributed by atoms with van der Waals surface area (Å²) in [5, 5.41) is 0. The molecule has 0 aromatic carbocycles. The number of rotatable bonds is 0. The summed E-state index contributed by atoms with van der Waals surface area (Å²) in [7, 11) is 4.36. The highest BCUT2D eigenvalue weighted by Gasteiger charge is 1.91. The van der Waals surface area contributed by atoms with Crippen molar-refractivity contribution >= 4 is 14.3 Å². The van der Waals surface area contributed by atoms with E-state index in [9.17, 15) is 0 Å². The van der Waals surface area contributed by atoms with Crippen molar-refractivity contribution in [3.05, 3.63) is 12.2 Å². The smallest absolute Gasteiger partial charge is 0.0708 e. The Balaban J connectivity index is 2.26. The molecule has 0 fully saturated rings. The number of hydrogen-bond donors (Lipinski definition) is 0. The standard InChI is InChI=1S/C4H6B2/c1-2-4-6-5-3-1/h1-2H,3-4H2. The first-order valence-corrected chi connectivity index (χ1v) is 2.30. The zero-order chi connectivity index (χ0) is 4.24. The molecular formula is C4H6B2. The second-order valence-corrected chi connectivity index (χ2v) is 1.41. The van der Waals surface area contributed by atoms with Gasteiger partial charge in [0.1, 0.15) is 0 Å². The molecule has 6 heavy (non-hydrogen) atoms. The number of allylic oxidation sites excluding steroid dienone is 2. The maximum absolute atomic E-state index is 2.18. The van der Waals surface area contributed by atoms with E-state index in [0.29, 0.717) is 0 Å². The summed E-state index contributed by atoms with van der Waals surface area (Å²) in [6.45, 7) is 0. The minimum absolute atomic E-state index is 1.14. The second-order valence-electron chi connectivity index (χ2n) is 1.41. The van der Waals surface area contributed by atoms with Crippen molar-refractivity contribution < 1.29 is 0 Å². The van der Waals surface area contributed by atoms with E-state index in [0.717, 1.165) is 12.6 Å². The van der Waals surface area contributed by atoms with Crippen LogP contribution in [0.4, 0.5) is 0 Å². The summed E-state index contributed by atoms with van der Waals surface area (Å²) in [4.78, 5) is 0. The Morgan fingerprint density at radius 2 is 1.50 bits per heavy atom. The quantitative estimate of drug-likeness (QED) is 0.294. The van der Waals surface area contributed by atoms with Crippen LogP contribution in [0.15, 0.2) is 12.2 Å². The molecule has 0 atom stereocenters. The van der Waals surface area contributed by atoms with Crippen molar-refractivity contribution in [2.45, 2.75) is 12.6 Å². The van der Waals surface area contributed by atoms with Gasteiger partial charge in [-0.1, -0.05) is 24.8 Å². The average molecular weight is 75.7 g/mol. The van der Waals surface area contributed by atoms with Gasteiger partial charge >= 0.3 is 0 Å². The third-order valence-corrected chi connectivity index (χ3v) is 0.878. The van der Waals surface area contributed by atoms with Crippen molar-refractivity contribution in [1.82, 2.24) is 0 Å². The van der Waals surface area contributed by atoms with Gasteiger partial charge in [-0.25, -0.2) is 0 Å². The summed E-state index contributed by atoms with van der Waals surface area (Å²) in [6.07, 6.45) is 6.64. The molecule has 0 amide bonds. The van der Waals surface area contributed by atoms with Crippen molar-refractivity contribution in [2.24, 2.45) is 0 Å². The van der Waals surface area contributed by atoms with Crippen molar-refractivity contribution in [3.63, 3.8) is 0 Å². The van der Waals surface area contributed by atoms with E-state index in [1.54, 1.807) is 0 Å². The van der Waals surface area contributed by atoms with Gasteiger partial charge in [-0.05, 0) is 0 Å². The summed E-state index contributed by atoms with van der Waals surface area (Å²) < 4.78 is 0. The van der Waals surface area contributed by atoms with E-state index < -0.39 is 0 Å². The van der Waals surface area contributed by atoms with Crippen molar-refractivity contribution in [3.8, 4) is 0 Å². The van der Waals surface area contributed by atoms with Gasteiger partial charge in [-0.3, -0.25) is 0 Å². The van der Waals surface area contributed by atoms with E-state index in [2.05, 4.69) is 26.5 Å². The lowest BCUT2D eigenvalue weighted by Crippen LogP contribution is -2.02. The molecule has 0 unspecified atom stereocenters. The highest BCUT2D eigenvalue weighted by atomic mass is 13.6. The molecule has 1 aliphatic heterocycles. The lowest BCUT2D eigenvalue weighted by Gasteiger charge is -1.94. The fourth-order valence-electron chi connectivity index (χ4n) is 0.542. The van der Waals surface area contributed by atoms with E-state index in [1.807, 2.05) is 0 Å². The summed E-state index contributed by atoms with van der Waals surface area (Å²) >= 11 is 0. The Kier molecular flexibility index (Phi) is 1.43. The van der Waals surface area contributed by atoms with E-state index in [4.69, 9.17) is 0 Å². The molecule has 0 aromatic rings. The summed E-state index contributed by atoms with van der Waals surface area (Å²) in [6, 6.07) is 0. The molecule has 28 valence electrons. The van der Waals surface area contributed by atoms with Gasteiger partial charge in [-0.15, -0.1) is 0 Å². The molecule has 1 rings (SSSR count). The highest BCUT2D eigenvalue weighted by molar-refractivity contribution is 7.01. The Hall–Kier alpha value is -0.130. The maximum Gasteiger partial charge on any atom is 0.0708 e. The molecule has 1 heterocycles. The summed E-state index contributed by atoms with van der Waals surface area (Å²) in [5.41, 5.74) is 0. The molecule has 0 aliphatic carbocycles. The lowest BCUT2D eigenvalue weighted by molar-refractivity contribution is 1.57. The SMILES string of the molecule is [B]1[B]CC=CC1. The van der Waals surface area contributed by atoms with Gasteiger partial charge in [0.05, 0.1) is 14.3 Å². The van der Waals surface area contributed by atoms with E-state index >= 15 is 0 Å². The monoisotopic (exact) mass is 76.1 g/mol. The minimum Gasteiger partial charge on any atom is -0.0979 e. The maximum atomic E-state index is 2.18. The van der Waals surface area contributed by atoms with E-state index in [-0.39, 0.29) is 0 Å². The zero-order valence-corrected chi connectivity index (χ0v) is 3.72. The molecule has 2 heteroatoms. The molecule has 2 radical (unpaired) electrons. The highest BCUT2D eigenvalue weighted by Crippen LogP contribution is 1.93. The predicted molar refractivity (Wildman–Crippen MR) is 30.3 cm³/mol. The zero-order valence-electron chi connectivity index (χ0n) is 3.72. The first-order valence-electron chi connectivity index (χ1n) is 2.30. The van der Waals surface area contributed by atoms with Crippen LogP contribution in [0, 0.1) is 0 Å². The van der Waals surface area contributed by atoms with Crippen LogP contribution in [0.2, 0.25) is 12.6 Å². The van der Waals surface area contributed by atoms with Gasteiger partial charge in [0.2, 0.25) is 0 Å². The molecule has 0 bridgehead atoms. The van der Waals surface area contributed by atoms with Gasteiger partial charge in [0, 0.05) is 0 Å². The summed E-state index contributed by atoms with van der Waals surface area (Å²) in [5.74, 6) is 0. The topological polar surface area (TPSA) is 0 Å². The first kappa shape index (κ1) is 4.04. The van der Waals surface area contributed by atoms with Crippen LogP contribution >= 0.6 is 0 Å². The lowest BCUT2D eigenvalue weighted by atomic mass is 9.35. The average Bonchev–Trinajstić information content (AvgIpc) is 1.72. The number of hydrogen-bond acceptors (Lipinski definition) is 0. The third-order valence-electron chi connectivity index (χ3n) is 0.878. The predicted octanol–water partition coefficient (Wildman–Crippen LogP) is 0.716. The first-order chi connectivity index (χ1) is 3.00. The Bertz CT molecular complexity index is 50.6. The van der Waals surface area contributed by atoms with Crippen LogP contribution < -0.4 is 0 Å². The Morgan fingerprint density at radius 3 is 1.67 bits per heavy atom. The molecule has 0 spiro atoms. The van der Waals surface area contributed by atoms with Gasteiger partial charge in [0.25, 0.3) is 0 Å². The molecule has 0 nitrogen and oxygen atoms in total. The fraction of sp³-hybridized carbons (Fsp3) is 0.500. The van der Waals surface area contributed by atoms with Crippen LogP contribution in [0.3, 0.4) is 0 Å². The fourth-order valence-corrected chi connectivity index (χ4v) is 0.542. The molecule has 0 N–H and O–H groups in total. The van der Waals surface area contributed by atoms with Crippen LogP contribution in [0.5, 0.6) is 0 Å². The van der Waals surface area contributed by atoms with Gasteiger partial charge in [-0.2, -0.15) is 0 Å². The van der Waals surface area contributed by atoms with Crippen molar-refractivity contribution in [1.29, 1.82) is 0 Å². The molecule has 0 saturated heterocycles. The Labute approximate surface area is 40.1 Å². The van der Waals surface area contributed by atoms with Gasteiger partial charge < -0.3 is 0 Å². The second kappa shape index (κ2) is 2.12. The molecular weight excluding hydrogens is 69.7 g/mol. The van der Waals surface area contributed by atoms with Crippen molar-refractivity contribution in [2.75, 3.05) is 0 Å². The Morgan fingerprint density at radius 1 is 1.00 bits per heavy atom. The molecule has 0 saturated carbocycles. The van der Waals surface area contributed by atoms with Crippen LogP contribution in [0.25, 0.3) is 0 Å². The van der Waals surface area contributed by atoms with Crippen LogP contribution in [-0.2, 0) is 0 Å². The van der Waals surface area contributed by atoms with Gasteiger partial charge in [0.15, 0.2) is 0 Å². The molecule has 1 aliphatic rings. The van der Waals surface area contributed by atoms with E-state index in [1.165, 1.54) is 0 Å². The van der Waals surface area contributed by atoms with Crippen LogP contribution in [0.1, 0.15) is 0 Å². The third kappa shape index (κ3) is 0.925. The largest absolute Gasteiger partial charge is 0.0979 e.